The van der Waals surface area contributed by atoms with Crippen molar-refractivity contribution in [1.29, 1.82) is 0 Å². The summed E-state index contributed by atoms with van der Waals surface area (Å²) in [7, 11) is 2.81. The van der Waals surface area contributed by atoms with Crippen molar-refractivity contribution in [2.45, 2.75) is 142 Å². The number of methoxy groups -OCH3 is 2. The minimum absolute atomic E-state index is 0.0281. The first-order valence-corrected chi connectivity index (χ1v) is 19.2. The van der Waals surface area contributed by atoms with E-state index in [9.17, 15) is 9.59 Å². The summed E-state index contributed by atoms with van der Waals surface area (Å²) < 4.78 is 10.3. The lowest BCUT2D eigenvalue weighted by atomic mass is 9.89. The molecule has 0 bridgehead atoms. The Morgan fingerprint density at radius 1 is 0.579 bits per heavy atom. The van der Waals surface area contributed by atoms with Crippen LogP contribution in [0.5, 0.6) is 0 Å². The van der Waals surface area contributed by atoms with Gasteiger partial charge in [-0.15, -0.1) is 0 Å². The van der Waals surface area contributed by atoms with Gasteiger partial charge < -0.3 is 9.47 Å². The number of Topliss-reactive ketones (excluding diaryl/α,β-unsaturated/α-hetero) is 2. The summed E-state index contributed by atoms with van der Waals surface area (Å²) in [6.07, 6.45) is 28.8. The van der Waals surface area contributed by atoms with Crippen LogP contribution in [0.1, 0.15) is 142 Å². The first kappa shape index (κ1) is 35.4. The maximum Gasteiger partial charge on any atom is 0.228 e. The summed E-state index contributed by atoms with van der Waals surface area (Å²) in [6.45, 7) is 4.07. The monoisotopic (exact) mass is 614 g/mol. The fraction of sp³-hybridized carbons (Fsp3) is 0.812. The molecule has 1 unspecified atom stereocenters. The number of allylic oxidation sites excluding steroid dienone is 2. The predicted octanol–water partition coefficient (Wildman–Crippen LogP) is 10.6. The molecule has 6 heteroatoms. The minimum Gasteiger partial charge on any atom is -0.489 e. The van der Waals surface area contributed by atoms with Crippen LogP contribution in [0.15, 0.2) is 22.7 Å². The summed E-state index contributed by atoms with van der Waals surface area (Å²) in [5.41, 5.74) is 1.09. The molecule has 0 saturated heterocycles. The third-order valence-corrected chi connectivity index (χ3v) is 11.4. The minimum atomic E-state index is -0.232. The van der Waals surface area contributed by atoms with E-state index >= 15 is 0 Å². The third-order valence-electron chi connectivity index (χ3n) is 7.68. The van der Waals surface area contributed by atoms with Gasteiger partial charge in [-0.05, 0) is 51.6 Å². The lowest BCUT2D eigenvalue weighted by Crippen LogP contribution is -2.25. The first-order valence-electron chi connectivity index (χ1n) is 15.5. The zero-order valence-corrected chi connectivity index (χ0v) is 27.5. The second-order valence-electron chi connectivity index (χ2n) is 10.9. The lowest BCUT2D eigenvalue weighted by Gasteiger charge is -2.20. The van der Waals surface area contributed by atoms with Gasteiger partial charge in [0.05, 0.1) is 14.2 Å². The molecule has 0 radical (unpaired) electrons. The fourth-order valence-electron chi connectivity index (χ4n) is 5.20. The summed E-state index contributed by atoms with van der Waals surface area (Å²) in [6, 6.07) is 0. The van der Waals surface area contributed by atoms with Crippen molar-refractivity contribution in [3.8, 4) is 0 Å². The van der Waals surface area contributed by atoms with E-state index in [1.54, 1.807) is 6.92 Å². The average molecular weight is 616 g/mol. The van der Waals surface area contributed by atoms with Crippen LogP contribution < -0.4 is 0 Å². The average Bonchev–Trinajstić information content (AvgIpc) is 2.91. The third kappa shape index (κ3) is 14.6. The number of carbonyl (C=O) groups excluding carboxylic acids is 2. The fourth-order valence-corrected chi connectivity index (χ4v) is 8.06. The van der Waals surface area contributed by atoms with Gasteiger partial charge in [0.1, 0.15) is 0 Å². The van der Waals surface area contributed by atoms with Crippen LogP contribution in [0.25, 0.3) is 0 Å². The first-order chi connectivity index (χ1) is 18.5. The molecule has 0 aromatic carbocycles. The summed E-state index contributed by atoms with van der Waals surface area (Å²) in [5.74, 6) is -0.356. The van der Waals surface area contributed by atoms with E-state index in [0.29, 0.717) is 17.6 Å². The summed E-state index contributed by atoms with van der Waals surface area (Å²) >= 11 is 3.97. The molecule has 1 aliphatic carbocycles. The van der Waals surface area contributed by atoms with Crippen molar-refractivity contribution in [3.63, 3.8) is 0 Å². The normalized spacial score (nSPS) is 15.0. The van der Waals surface area contributed by atoms with Gasteiger partial charge in [0, 0.05) is 11.1 Å². The van der Waals surface area contributed by atoms with Crippen molar-refractivity contribution in [2.24, 2.45) is 0 Å². The Hall–Kier alpha value is -0.670. The highest BCUT2D eigenvalue weighted by atomic mass is 79.9. The van der Waals surface area contributed by atoms with Gasteiger partial charge in [0.25, 0.3) is 0 Å². The molecule has 0 N–H and O–H groups in total. The predicted molar refractivity (Wildman–Crippen MR) is 167 cm³/mol. The van der Waals surface area contributed by atoms with E-state index in [2.05, 4.69) is 22.4 Å². The smallest absolute Gasteiger partial charge is 0.228 e. The molecule has 38 heavy (non-hydrogen) atoms. The Balaban J connectivity index is 1.96. The highest BCUT2D eigenvalue weighted by molar-refractivity contribution is 9.39. The van der Waals surface area contributed by atoms with E-state index in [1.165, 1.54) is 136 Å². The van der Waals surface area contributed by atoms with Crippen molar-refractivity contribution in [1.82, 2.24) is 0 Å². The molecule has 0 amide bonds. The largest absolute Gasteiger partial charge is 0.489 e. The van der Waals surface area contributed by atoms with E-state index < -0.39 is 0 Å². The zero-order chi connectivity index (χ0) is 28.0. The molecular weight excluding hydrogens is 559 g/mol. The number of halogens is 1. The molecule has 0 saturated carbocycles. The number of ketones is 2. The van der Waals surface area contributed by atoms with E-state index in [-0.39, 0.29) is 29.7 Å². The molecular formula is C32H56BrO4P. The topological polar surface area (TPSA) is 52.6 Å². The van der Waals surface area contributed by atoms with Crippen LogP contribution in [-0.4, -0.2) is 38.1 Å². The molecule has 0 aromatic rings. The lowest BCUT2D eigenvalue weighted by molar-refractivity contribution is -0.121. The van der Waals surface area contributed by atoms with Gasteiger partial charge in [0.2, 0.25) is 23.1 Å². The van der Waals surface area contributed by atoms with Crippen LogP contribution in [0.2, 0.25) is 0 Å². The quantitative estimate of drug-likeness (QED) is 0.0583. The van der Waals surface area contributed by atoms with Crippen LogP contribution in [-0.2, 0) is 19.1 Å². The Bertz CT molecular complexity index is 731. The molecule has 220 valence electrons. The van der Waals surface area contributed by atoms with Crippen LogP contribution >= 0.6 is 22.1 Å². The second-order valence-corrected chi connectivity index (χ2v) is 15.7. The van der Waals surface area contributed by atoms with E-state index in [4.69, 9.17) is 9.47 Å². The number of hydrogen-bond donors (Lipinski definition) is 0. The van der Waals surface area contributed by atoms with E-state index in [1.807, 2.05) is 0 Å². The molecule has 0 fully saturated rings. The Kier molecular flexibility index (Phi) is 21.5. The van der Waals surface area contributed by atoms with E-state index in [0.717, 1.165) is 12.8 Å². The molecule has 0 heterocycles. The SMILES string of the molecule is CCCCCCCCCCCCCP(Br)CCCCCCCCCCC1=C(C)C(=O)C(OC)=C(OC)C1=O. The summed E-state index contributed by atoms with van der Waals surface area (Å²) in [4.78, 5) is 25.1. The molecule has 0 aliphatic heterocycles. The molecule has 1 atom stereocenters. The summed E-state index contributed by atoms with van der Waals surface area (Å²) in [5, 5.41) is 0. The van der Waals surface area contributed by atoms with Crippen LogP contribution in [0, 0.1) is 0 Å². The molecule has 0 spiro atoms. The molecule has 1 aliphatic rings. The molecule has 0 aromatic heterocycles. The Morgan fingerprint density at radius 3 is 1.37 bits per heavy atom. The van der Waals surface area contributed by atoms with Gasteiger partial charge in [-0.25, -0.2) is 0 Å². The Labute approximate surface area is 243 Å². The van der Waals surface area contributed by atoms with Gasteiger partial charge >= 0.3 is 0 Å². The highest BCUT2D eigenvalue weighted by Crippen LogP contribution is 2.45. The van der Waals surface area contributed by atoms with Gasteiger partial charge in [-0.2, -0.15) is 0 Å². The number of carbonyl (C=O) groups is 2. The van der Waals surface area contributed by atoms with Crippen molar-refractivity contribution < 1.29 is 19.1 Å². The number of unbranched alkanes of at least 4 members (excludes halogenated alkanes) is 17. The highest BCUT2D eigenvalue weighted by Gasteiger charge is 2.34. The second kappa shape index (κ2) is 23.1. The van der Waals surface area contributed by atoms with Crippen molar-refractivity contribution in [3.05, 3.63) is 22.7 Å². The van der Waals surface area contributed by atoms with Crippen LogP contribution in [0.3, 0.4) is 0 Å². The van der Waals surface area contributed by atoms with Gasteiger partial charge in [-0.3, -0.25) is 9.59 Å². The number of ether oxygens (including phenoxy) is 2. The molecule has 4 nitrogen and oxygen atoms in total. The number of hydrogen-bond acceptors (Lipinski definition) is 4. The van der Waals surface area contributed by atoms with Crippen LogP contribution in [0.4, 0.5) is 0 Å². The maximum atomic E-state index is 12.7. The number of rotatable bonds is 25. The zero-order valence-electron chi connectivity index (χ0n) is 25.0. The maximum absolute atomic E-state index is 12.7. The molecule has 1 rings (SSSR count). The standard InChI is InChI=1S/C32H56BrO4P/c1-5-6-7-8-9-10-11-13-16-19-22-25-38(33)26-23-20-17-14-12-15-18-21-24-28-27(2)29(34)31(36-3)32(37-4)30(28)35/h5-26H2,1-4H3. The van der Waals surface area contributed by atoms with Crippen molar-refractivity contribution in [2.75, 3.05) is 26.5 Å². The van der Waals surface area contributed by atoms with Gasteiger partial charge in [0.15, 0.2) is 0 Å². The Morgan fingerprint density at radius 2 is 0.947 bits per heavy atom. The van der Waals surface area contributed by atoms with Crippen molar-refractivity contribution >= 4 is 33.7 Å². The van der Waals surface area contributed by atoms with Gasteiger partial charge in [-0.1, -0.05) is 125 Å².